The second-order valence-electron chi connectivity index (χ2n) is 8.75. The Hall–Kier alpha value is -3.74. The number of aryl methyl sites for hydroxylation is 1. The molecule has 1 fully saturated rings. The molecule has 13 heteroatoms. The van der Waals surface area contributed by atoms with Gasteiger partial charge in [-0.1, -0.05) is 38.5 Å². The van der Waals surface area contributed by atoms with Gasteiger partial charge in [0.15, 0.2) is 5.82 Å². The largest absolute Gasteiger partial charge is 0.423 e. The number of hydrogen-bond acceptors (Lipinski definition) is 7. The topological polar surface area (TPSA) is 120 Å². The fourth-order valence-corrected chi connectivity index (χ4v) is 4.18. The van der Waals surface area contributed by atoms with Gasteiger partial charge in [-0.25, -0.2) is 19.5 Å². The molecule has 3 N–H and O–H groups in total. The molecular formula is C26H28F4N6O2S. The second kappa shape index (κ2) is 13.4. The van der Waals surface area contributed by atoms with Crippen LogP contribution in [0.5, 0.6) is 0 Å². The Bertz CT molecular complexity index is 1510. The number of hydrogen-bond donors (Lipinski definition) is 2. The van der Waals surface area contributed by atoms with Gasteiger partial charge in [0, 0.05) is 30.5 Å². The molecule has 0 atom stereocenters. The summed E-state index contributed by atoms with van der Waals surface area (Å²) in [5, 5.41) is 5.76. The van der Waals surface area contributed by atoms with Crippen molar-refractivity contribution >= 4 is 28.2 Å². The summed E-state index contributed by atoms with van der Waals surface area (Å²) in [4.78, 5) is 31.8. The molecule has 3 aromatic heterocycles. The maximum Gasteiger partial charge on any atom is 0.423 e. The van der Waals surface area contributed by atoms with Crippen LogP contribution in [0.3, 0.4) is 0 Å². The van der Waals surface area contributed by atoms with Crippen LogP contribution in [0.4, 0.5) is 23.2 Å². The minimum atomic E-state index is -4.74. The van der Waals surface area contributed by atoms with Crippen molar-refractivity contribution in [1.82, 2.24) is 24.7 Å². The molecule has 0 saturated heterocycles. The fraction of sp³-hybridized carbons (Fsp3) is 0.346. The van der Waals surface area contributed by atoms with Crippen LogP contribution in [0, 0.1) is 5.82 Å². The second-order valence-corrected chi connectivity index (χ2v) is 9.63. The number of thioether (sulfide) groups is 1. The Morgan fingerprint density at radius 3 is 2.08 bits per heavy atom. The Balaban J connectivity index is 0.000000195. The van der Waals surface area contributed by atoms with Gasteiger partial charge >= 0.3 is 6.18 Å². The minimum absolute atomic E-state index is 0.225. The first kappa shape index (κ1) is 29.8. The number of anilines is 1. The van der Waals surface area contributed by atoms with Crippen molar-refractivity contribution in [3.8, 4) is 11.4 Å². The Morgan fingerprint density at radius 1 is 1.00 bits per heavy atom. The van der Waals surface area contributed by atoms with E-state index in [9.17, 15) is 27.2 Å². The lowest BCUT2D eigenvalue weighted by Gasteiger charge is -2.06. The maximum atomic E-state index is 14.3. The summed E-state index contributed by atoms with van der Waals surface area (Å²) in [7, 11) is 1.64. The van der Waals surface area contributed by atoms with Crippen LogP contribution < -0.4 is 16.9 Å². The highest BCUT2D eigenvalue weighted by atomic mass is 32.2. The normalized spacial score (nSPS) is 13.2. The minimum Gasteiger partial charge on any atom is -0.397 e. The molecule has 0 unspecified atom stereocenters. The van der Waals surface area contributed by atoms with Gasteiger partial charge in [0.25, 0.3) is 11.1 Å². The quantitative estimate of drug-likeness (QED) is 0.241. The molecule has 0 spiro atoms. The zero-order chi connectivity index (χ0) is 28.6. The average molecular weight is 565 g/mol. The highest BCUT2D eigenvalue weighted by Crippen LogP contribution is 2.29. The number of H-pyrrole nitrogens is 1. The van der Waals surface area contributed by atoms with Crippen molar-refractivity contribution in [2.24, 2.45) is 7.05 Å². The van der Waals surface area contributed by atoms with E-state index in [0.717, 1.165) is 11.1 Å². The first-order valence-corrected chi connectivity index (χ1v) is 13.3. The van der Waals surface area contributed by atoms with Gasteiger partial charge < -0.3 is 10.3 Å². The Morgan fingerprint density at radius 2 is 1.59 bits per heavy atom. The average Bonchev–Trinajstić information content (AvgIpc) is 2.92. The number of nitrogens with zero attached hydrogens (tertiary/aromatic N) is 4. The van der Waals surface area contributed by atoms with Gasteiger partial charge in [-0.15, -0.1) is 11.8 Å². The third-order valence-electron chi connectivity index (χ3n) is 5.94. The number of aromatic amines is 1. The number of benzene rings is 1. The van der Waals surface area contributed by atoms with Crippen molar-refractivity contribution in [2.75, 3.05) is 12.0 Å². The molecule has 4 aromatic rings. The van der Waals surface area contributed by atoms with Crippen LogP contribution in [0.1, 0.15) is 44.1 Å². The third kappa shape index (κ3) is 7.88. The number of aromatic nitrogens is 5. The van der Waals surface area contributed by atoms with E-state index in [0.29, 0.717) is 22.2 Å². The van der Waals surface area contributed by atoms with E-state index in [1.54, 1.807) is 42.9 Å². The molecular weight excluding hydrogens is 536 g/mol. The summed E-state index contributed by atoms with van der Waals surface area (Å²) in [5.74, 6) is -0.185. The first-order chi connectivity index (χ1) is 18.5. The van der Waals surface area contributed by atoms with Crippen molar-refractivity contribution in [1.29, 1.82) is 0 Å². The molecule has 8 nitrogen and oxygen atoms in total. The van der Waals surface area contributed by atoms with Gasteiger partial charge in [0.2, 0.25) is 0 Å². The molecule has 5 rings (SSSR count). The number of halogens is 4. The summed E-state index contributed by atoms with van der Waals surface area (Å²) >= 11 is 1.52. The van der Waals surface area contributed by atoms with Crippen LogP contribution in [0.25, 0.3) is 22.2 Å². The van der Waals surface area contributed by atoms with E-state index in [-0.39, 0.29) is 5.56 Å². The van der Waals surface area contributed by atoms with E-state index in [2.05, 4.69) is 15.1 Å². The van der Waals surface area contributed by atoms with Gasteiger partial charge in [-0.2, -0.15) is 18.3 Å². The zero-order valence-corrected chi connectivity index (χ0v) is 22.2. The molecule has 0 radical (unpaired) electrons. The smallest absolute Gasteiger partial charge is 0.397 e. The summed E-state index contributed by atoms with van der Waals surface area (Å²) in [5.41, 5.74) is 1.56. The molecule has 1 saturated carbocycles. The molecule has 0 aliphatic heterocycles. The number of fused-ring (bicyclic) bond motifs is 1. The molecule has 1 aliphatic carbocycles. The van der Waals surface area contributed by atoms with Crippen molar-refractivity contribution in [2.45, 2.75) is 49.6 Å². The van der Waals surface area contributed by atoms with E-state index in [4.69, 9.17) is 5.73 Å². The highest BCUT2D eigenvalue weighted by molar-refractivity contribution is 7.98. The van der Waals surface area contributed by atoms with Gasteiger partial charge in [-0.05, 0) is 29.8 Å². The zero-order valence-electron chi connectivity index (χ0n) is 21.4. The van der Waals surface area contributed by atoms with Crippen molar-refractivity contribution in [3.05, 3.63) is 75.1 Å². The number of nitrogens with two attached hydrogens (primary N) is 1. The standard InChI is InChI=1S/C15H12FN3OS.C6H12.C5H4F3N3O/c1-19-4-3-9-5-12(13(16)6-11(9)15(19)20)14-17-7-10(21-2)8-18-14;1-2-4-6-5-3-1;6-5(7,8)3-2(9)1-10-11-4(3)12/h3-8H,1-2H3;1-6H2;1H,(H3,9,11,12). The monoisotopic (exact) mass is 564 g/mol. The van der Waals surface area contributed by atoms with Crippen LogP contribution in [0.15, 0.2) is 57.5 Å². The molecule has 3 heterocycles. The van der Waals surface area contributed by atoms with E-state index >= 15 is 0 Å². The first-order valence-electron chi connectivity index (χ1n) is 12.1. The fourth-order valence-electron chi connectivity index (χ4n) is 3.86. The predicted molar refractivity (Wildman–Crippen MR) is 144 cm³/mol. The molecule has 0 bridgehead atoms. The van der Waals surface area contributed by atoms with E-state index < -0.39 is 28.8 Å². The summed E-state index contributed by atoms with van der Waals surface area (Å²) in [6, 6.07) is 4.63. The van der Waals surface area contributed by atoms with Crippen LogP contribution in [-0.2, 0) is 13.2 Å². The number of alkyl halides is 3. The summed E-state index contributed by atoms with van der Waals surface area (Å²) in [6.07, 6.45) is 11.9. The maximum absolute atomic E-state index is 14.3. The van der Waals surface area contributed by atoms with Crippen molar-refractivity contribution < 1.29 is 17.6 Å². The molecule has 0 amide bonds. The predicted octanol–water partition coefficient (Wildman–Crippen LogP) is 5.57. The summed E-state index contributed by atoms with van der Waals surface area (Å²) in [6.45, 7) is 0. The molecule has 1 aromatic carbocycles. The molecule has 1 aliphatic rings. The number of nitrogens with one attached hydrogen (secondary N) is 1. The third-order valence-corrected chi connectivity index (χ3v) is 6.62. The molecule has 39 heavy (non-hydrogen) atoms. The van der Waals surface area contributed by atoms with Gasteiger partial charge in [-0.3, -0.25) is 9.59 Å². The molecule has 208 valence electrons. The van der Waals surface area contributed by atoms with Crippen LogP contribution >= 0.6 is 11.8 Å². The van der Waals surface area contributed by atoms with E-state index in [1.165, 1.54) is 60.9 Å². The number of pyridine rings is 1. The lowest BCUT2D eigenvalue weighted by molar-refractivity contribution is -0.138. The SMILES string of the molecule is C1CCCCC1.CSc1cnc(-c2cc3ccn(C)c(=O)c3cc2F)nc1.Nc1cn[nH]c(=O)c1C(F)(F)F. The Kier molecular flexibility index (Phi) is 10.2. The number of nitrogen functional groups attached to an aromatic ring is 1. The lowest BCUT2D eigenvalue weighted by atomic mass is 10.0. The highest BCUT2D eigenvalue weighted by Gasteiger charge is 2.36. The van der Waals surface area contributed by atoms with Gasteiger partial charge in [0.05, 0.1) is 22.8 Å². The number of rotatable bonds is 2. The van der Waals surface area contributed by atoms with Crippen LogP contribution in [-0.4, -0.2) is 31.0 Å². The summed E-state index contributed by atoms with van der Waals surface area (Å²) < 4.78 is 51.6. The van der Waals surface area contributed by atoms with Gasteiger partial charge in [0.1, 0.15) is 11.4 Å². The van der Waals surface area contributed by atoms with Crippen LogP contribution in [0.2, 0.25) is 0 Å². The van der Waals surface area contributed by atoms with Crippen molar-refractivity contribution in [3.63, 3.8) is 0 Å². The lowest BCUT2D eigenvalue weighted by Crippen LogP contribution is -2.24. The Labute approximate surface area is 225 Å². The van der Waals surface area contributed by atoms with E-state index in [1.807, 2.05) is 6.26 Å².